The predicted molar refractivity (Wildman–Crippen MR) is 72.4 cm³/mol. The number of benzene rings is 2. The van der Waals surface area contributed by atoms with Gasteiger partial charge in [-0.25, -0.2) is 0 Å². The molecule has 2 aromatic rings. The Balaban J connectivity index is 1.96. The summed E-state index contributed by atoms with van der Waals surface area (Å²) < 4.78 is 28.0. The Bertz CT molecular complexity index is 544. The molecule has 0 saturated heterocycles. The van der Waals surface area contributed by atoms with E-state index in [4.69, 9.17) is 11.5 Å². The van der Waals surface area contributed by atoms with Crippen molar-refractivity contribution in [3.8, 4) is 0 Å². The normalized spacial score (nSPS) is 10.2. The molecule has 0 aliphatic rings. The fourth-order valence-corrected chi connectivity index (χ4v) is 30.6. The van der Waals surface area contributed by atoms with Gasteiger partial charge < -0.3 is 0 Å². The Kier molecular flexibility index (Phi) is 5.38. The van der Waals surface area contributed by atoms with Gasteiger partial charge in [-0.15, -0.1) is 0 Å². The van der Waals surface area contributed by atoms with E-state index in [1.165, 1.54) is 24.3 Å². The third kappa shape index (κ3) is 4.27. The molecule has 0 aromatic heterocycles. The summed E-state index contributed by atoms with van der Waals surface area (Å²) in [6.07, 6.45) is 0. The Hall–Kier alpha value is -0.438. The van der Waals surface area contributed by atoms with Crippen LogP contribution in [0.1, 0.15) is 0 Å². The van der Waals surface area contributed by atoms with Crippen LogP contribution in [0.4, 0.5) is 20.2 Å². The van der Waals surface area contributed by atoms with Gasteiger partial charge in [0, 0.05) is 0 Å². The molecule has 0 bridgehead atoms. The van der Waals surface area contributed by atoms with E-state index in [2.05, 4.69) is 0 Å². The van der Waals surface area contributed by atoms with E-state index in [1.807, 2.05) is 0 Å². The van der Waals surface area contributed by atoms with Crippen molar-refractivity contribution in [1.29, 1.82) is 0 Å². The molecule has 0 unspecified atom stereocenters. The van der Waals surface area contributed by atoms with Crippen LogP contribution in [0.5, 0.6) is 0 Å². The summed E-state index contributed by atoms with van der Waals surface area (Å²) >= 11 is -0.0480. The van der Waals surface area contributed by atoms with Gasteiger partial charge >= 0.3 is 127 Å². The van der Waals surface area contributed by atoms with Crippen LogP contribution in [0.25, 0.3) is 0 Å². The molecule has 0 atom stereocenters. The van der Waals surface area contributed by atoms with E-state index in [-0.39, 0.29) is 11.6 Å². The van der Waals surface area contributed by atoms with Gasteiger partial charge in [0.1, 0.15) is 0 Å². The van der Waals surface area contributed by atoms with Crippen LogP contribution in [0.2, 0.25) is 0 Å². The Labute approximate surface area is 126 Å². The average Bonchev–Trinajstić information content (AvgIpc) is 2.34. The molecule has 0 fully saturated rings. The van der Waals surface area contributed by atoms with Crippen LogP contribution in [0, 0.1) is 11.6 Å². The van der Waals surface area contributed by atoms with Gasteiger partial charge in [-0.2, -0.15) is 0 Å². The van der Waals surface area contributed by atoms with Crippen LogP contribution in [0.15, 0.2) is 36.4 Å². The second-order valence-electron chi connectivity index (χ2n) is 3.77. The van der Waals surface area contributed by atoms with E-state index in [0.717, 1.165) is 8.92 Å². The van der Waals surface area contributed by atoms with Gasteiger partial charge in [-0.1, -0.05) is 0 Å². The van der Waals surface area contributed by atoms with Crippen molar-refractivity contribution in [2.45, 2.75) is 0 Å². The van der Waals surface area contributed by atoms with Gasteiger partial charge in [0.15, 0.2) is 0 Å². The molecule has 0 aliphatic heterocycles. The topological polar surface area (TPSA) is 52.0 Å². The van der Waals surface area contributed by atoms with E-state index in [9.17, 15) is 8.78 Å². The third-order valence-electron chi connectivity index (χ3n) is 2.37. The first-order valence-corrected chi connectivity index (χ1v) is 22.1. The zero-order valence-electron chi connectivity index (χ0n) is 9.90. The molecule has 0 amide bonds. The molecule has 2 nitrogen and oxygen atoms in total. The molecule has 0 saturated carbocycles. The number of nitrogen functional groups attached to an aromatic ring is 2. The maximum atomic E-state index is 12.9. The van der Waals surface area contributed by atoms with Gasteiger partial charge in [-0.3, -0.25) is 0 Å². The molecule has 0 radical (unpaired) electrons. The predicted octanol–water partition coefficient (Wildman–Crippen LogP) is 0.401. The van der Waals surface area contributed by atoms with Gasteiger partial charge in [0.05, 0.1) is 0 Å². The Morgan fingerprint density at radius 3 is 1.58 bits per heavy atom. The Morgan fingerprint density at radius 1 is 0.789 bits per heavy atom. The fourth-order valence-electron chi connectivity index (χ4n) is 1.46. The maximum absolute atomic E-state index is 12.9. The van der Waals surface area contributed by atoms with E-state index in [0.29, 0.717) is 36.7 Å². The quantitative estimate of drug-likeness (QED) is 0.531. The van der Waals surface area contributed by atoms with Gasteiger partial charge in [0.2, 0.25) is 0 Å². The number of hydrogen-bond donors (Lipinski definition) is 2. The molecule has 0 aliphatic carbocycles. The first kappa shape index (κ1) is 15.0. The molecule has 2 rings (SSSR count). The minimum atomic E-state index is -0.781. The number of hydrogen-bond acceptors (Lipinski definition) is 2. The van der Waals surface area contributed by atoms with Crippen LogP contribution in [-0.2, 0) is 13.2 Å². The standard InChI is InChI=1S/2C6H6FNSe.Zn/c2*7-4-1-2-6(9)5(8)3-4;/h2*1-3,9H,8H2;/q;;+2/p-2. The number of rotatable bonds is 4. The van der Waals surface area contributed by atoms with Gasteiger partial charge in [-0.05, 0) is 0 Å². The average molecular weight is 444 g/mol. The molecule has 0 heterocycles. The summed E-state index contributed by atoms with van der Waals surface area (Å²) in [5.74, 6) is -0.587. The van der Waals surface area contributed by atoms with E-state index in [1.54, 1.807) is 12.1 Å². The third-order valence-corrected chi connectivity index (χ3v) is 28.4. The van der Waals surface area contributed by atoms with Crippen LogP contribution >= 0.6 is 0 Å². The van der Waals surface area contributed by atoms with Crippen molar-refractivity contribution in [2.75, 3.05) is 11.5 Å². The summed E-state index contributed by atoms with van der Waals surface area (Å²) in [4.78, 5) is 0. The molecule has 2 aromatic carbocycles. The summed E-state index contributed by atoms with van der Waals surface area (Å²) in [6.45, 7) is 0. The number of nitrogens with two attached hydrogens (primary N) is 2. The molecule has 96 valence electrons. The van der Waals surface area contributed by atoms with Crippen molar-refractivity contribution >= 4 is 45.6 Å². The second-order valence-corrected chi connectivity index (χ2v) is 29.5. The molecule has 0 spiro atoms. The van der Waals surface area contributed by atoms with Crippen molar-refractivity contribution in [1.82, 2.24) is 0 Å². The van der Waals surface area contributed by atoms with Crippen molar-refractivity contribution < 1.29 is 22.0 Å². The number of halogens is 2. The van der Waals surface area contributed by atoms with Crippen molar-refractivity contribution in [3.63, 3.8) is 0 Å². The zero-order chi connectivity index (χ0) is 13.8. The second kappa shape index (κ2) is 6.83. The molecule has 7 heteroatoms. The summed E-state index contributed by atoms with van der Waals surface area (Å²) in [5, 5.41) is 0. The SMILES string of the molecule is Nc1cc(F)ccc1[Se][Zn][Se]c1ccc(F)cc1N. The molecule has 19 heavy (non-hydrogen) atoms. The van der Waals surface area contributed by atoms with Crippen molar-refractivity contribution in [3.05, 3.63) is 48.0 Å². The van der Waals surface area contributed by atoms with Crippen LogP contribution < -0.4 is 20.4 Å². The monoisotopic (exact) mass is 444 g/mol. The Morgan fingerprint density at radius 2 is 1.21 bits per heavy atom. The van der Waals surface area contributed by atoms with Crippen molar-refractivity contribution in [2.24, 2.45) is 0 Å². The van der Waals surface area contributed by atoms with E-state index < -0.39 is 13.2 Å². The van der Waals surface area contributed by atoms with Crippen LogP contribution in [0.3, 0.4) is 0 Å². The van der Waals surface area contributed by atoms with E-state index >= 15 is 0 Å². The molecule has 4 N–H and O–H groups in total. The first-order valence-electron chi connectivity index (χ1n) is 5.42. The van der Waals surface area contributed by atoms with Gasteiger partial charge in [0.25, 0.3) is 0 Å². The fraction of sp³-hybridized carbons (Fsp3) is 0. The van der Waals surface area contributed by atoms with Crippen LogP contribution in [-0.4, -0.2) is 25.3 Å². The summed E-state index contributed by atoms with van der Waals surface area (Å²) in [5.41, 5.74) is 12.7. The molecular formula is C12H10F2N2Se2Zn. The number of anilines is 2. The zero-order valence-corrected chi connectivity index (χ0v) is 16.3. The summed E-state index contributed by atoms with van der Waals surface area (Å²) in [7, 11) is 0. The minimum absolute atomic E-state index is 0.294. The molecular weight excluding hydrogens is 433 g/mol. The first-order chi connectivity index (χ1) is 9.06. The summed E-state index contributed by atoms with van der Waals surface area (Å²) in [6, 6.07) is 9.21.